The van der Waals surface area contributed by atoms with Gasteiger partial charge in [-0.05, 0) is 75.4 Å². The molecule has 0 aromatic rings. The summed E-state index contributed by atoms with van der Waals surface area (Å²) in [5.41, 5.74) is 3.19. The highest BCUT2D eigenvalue weighted by molar-refractivity contribution is 5.80. The summed E-state index contributed by atoms with van der Waals surface area (Å²) in [4.78, 5) is 14.4. The molecule has 1 N–H and O–H groups in total. The molecular formula is C17H26N2O. The molecule has 2 aliphatic heterocycles. The molecule has 110 valence electrons. The Morgan fingerprint density at radius 2 is 2.20 bits per heavy atom. The van der Waals surface area contributed by atoms with Crippen molar-refractivity contribution >= 4 is 5.91 Å². The van der Waals surface area contributed by atoms with Gasteiger partial charge in [0.1, 0.15) is 0 Å². The fourth-order valence-corrected chi connectivity index (χ4v) is 5.91. The summed E-state index contributed by atoms with van der Waals surface area (Å²) in [5.74, 6) is 2.69. The van der Waals surface area contributed by atoms with Crippen molar-refractivity contribution in [1.29, 1.82) is 0 Å². The van der Waals surface area contributed by atoms with Crippen LogP contribution in [-0.4, -0.2) is 29.9 Å². The summed E-state index contributed by atoms with van der Waals surface area (Å²) >= 11 is 0. The minimum absolute atomic E-state index is 0.239. The highest BCUT2D eigenvalue weighted by atomic mass is 16.1. The third-order valence-electron chi connectivity index (χ3n) is 6.48. The van der Waals surface area contributed by atoms with Crippen LogP contribution in [0, 0.1) is 17.8 Å². The van der Waals surface area contributed by atoms with E-state index in [0.717, 1.165) is 30.6 Å². The van der Waals surface area contributed by atoms with Gasteiger partial charge in [0.2, 0.25) is 5.91 Å². The number of nitrogens with one attached hydrogen (secondary N) is 1. The van der Waals surface area contributed by atoms with E-state index in [-0.39, 0.29) is 11.4 Å². The molecule has 1 saturated heterocycles. The SMILES string of the molecule is C[C@@H]1C[C@@H]2CC3=C(CCC(=O)N3)[C@]3(C1)[C@H]2CCCN3C. The summed E-state index contributed by atoms with van der Waals surface area (Å²) < 4.78 is 0. The first kappa shape index (κ1) is 12.9. The number of rotatable bonds is 0. The van der Waals surface area contributed by atoms with E-state index in [1.807, 2.05) is 0 Å². The molecule has 0 unspecified atom stereocenters. The predicted molar refractivity (Wildman–Crippen MR) is 79.0 cm³/mol. The number of carbonyl (C=O) groups is 1. The molecule has 2 fully saturated rings. The van der Waals surface area contributed by atoms with Crippen LogP contribution in [0.15, 0.2) is 11.3 Å². The molecule has 1 amide bonds. The molecule has 2 bridgehead atoms. The first-order valence-electron chi connectivity index (χ1n) is 8.35. The smallest absolute Gasteiger partial charge is 0.224 e. The van der Waals surface area contributed by atoms with Gasteiger partial charge in [-0.15, -0.1) is 0 Å². The number of amides is 1. The number of likely N-dealkylation sites (N-methyl/N-ethyl adjacent to an activating group) is 1. The Morgan fingerprint density at radius 3 is 3.05 bits per heavy atom. The Labute approximate surface area is 121 Å². The molecule has 4 atom stereocenters. The average Bonchev–Trinajstić information content (AvgIpc) is 2.39. The number of likely N-dealkylation sites (tertiary alicyclic amines) is 1. The third kappa shape index (κ3) is 1.59. The Morgan fingerprint density at radius 1 is 1.35 bits per heavy atom. The summed E-state index contributed by atoms with van der Waals surface area (Å²) in [6.07, 6.45) is 8.23. The molecule has 4 aliphatic rings. The second-order valence-corrected chi connectivity index (χ2v) is 7.61. The monoisotopic (exact) mass is 274 g/mol. The highest BCUT2D eigenvalue weighted by Crippen LogP contribution is 2.58. The zero-order valence-electron chi connectivity index (χ0n) is 12.7. The largest absolute Gasteiger partial charge is 0.330 e. The van der Waals surface area contributed by atoms with Crippen molar-refractivity contribution < 1.29 is 4.79 Å². The molecule has 0 aromatic heterocycles. The van der Waals surface area contributed by atoms with Crippen LogP contribution in [0.1, 0.15) is 51.9 Å². The summed E-state index contributed by atoms with van der Waals surface area (Å²) in [6, 6.07) is 0. The van der Waals surface area contributed by atoms with Gasteiger partial charge < -0.3 is 5.32 Å². The van der Waals surface area contributed by atoms with Crippen LogP contribution in [0.25, 0.3) is 0 Å². The van der Waals surface area contributed by atoms with Gasteiger partial charge >= 0.3 is 0 Å². The normalized spacial score (nSPS) is 44.7. The number of hydrogen-bond donors (Lipinski definition) is 1. The van der Waals surface area contributed by atoms with Crippen molar-refractivity contribution in [2.24, 2.45) is 17.8 Å². The average molecular weight is 274 g/mol. The van der Waals surface area contributed by atoms with Crippen molar-refractivity contribution in [3.63, 3.8) is 0 Å². The van der Waals surface area contributed by atoms with E-state index in [4.69, 9.17) is 0 Å². The van der Waals surface area contributed by atoms with Crippen molar-refractivity contribution in [2.75, 3.05) is 13.6 Å². The third-order valence-corrected chi connectivity index (χ3v) is 6.48. The fourth-order valence-electron chi connectivity index (χ4n) is 5.91. The van der Waals surface area contributed by atoms with Crippen LogP contribution in [0.3, 0.4) is 0 Å². The maximum absolute atomic E-state index is 11.8. The minimum Gasteiger partial charge on any atom is -0.330 e. The van der Waals surface area contributed by atoms with Crippen LogP contribution in [0.2, 0.25) is 0 Å². The number of allylic oxidation sites excluding steroid dienone is 1. The van der Waals surface area contributed by atoms with Crippen molar-refractivity contribution in [2.45, 2.75) is 57.4 Å². The van der Waals surface area contributed by atoms with Gasteiger partial charge in [-0.25, -0.2) is 0 Å². The molecule has 20 heavy (non-hydrogen) atoms. The minimum atomic E-state index is 0.239. The van der Waals surface area contributed by atoms with E-state index in [1.54, 1.807) is 5.57 Å². The molecule has 3 heteroatoms. The van der Waals surface area contributed by atoms with Gasteiger partial charge in [-0.2, -0.15) is 0 Å². The van der Waals surface area contributed by atoms with Gasteiger partial charge in [0.25, 0.3) is 0 Å². The lowest BCUT2D eigenvalue weighted by atomic mass is 9.52. The van der Waals surface area contributed by atoms with E-state index < -0.39 is 0 Å². The van der Waals surface area contributed by atoms with E-state index in [9.17, 15) is 4.79 Å². The van der Waals surface area contributed by atoms with Crippen molar-refractivity contribution in [3.05, 3.63) is 11.3 Å². The molecule has 1 saturated carbocycles. The van der Waals surface area contributed by atoms with Crippen molar-refractivity contribution in [3.8, 4) is 0 Å². The number of hydrogen-bond acceptors (Lipinski definition) is 2. The zero-order chi connectivity index (χ0) is 13.9. The topological polar surface area (TPSA) is 32.3 Å². The van der Waals surface area contributed by atoms with Crippen LogP contribution < -0.4 is 5.32 Å². The summed E-state index contributed by atoms with van der Waals surface area (Å²) in [6.45, 7) is 3.65. The van der Waals surface area contributed by atoms with E-state index in [1.165, 1.54) is 37.9 Å². The van der Waals surface area contributed by atoms with E-state index in [0.29, 0.717) is 6.42 Å². The Hall–Kier alpha value is -0.830. The van der Waals surface area contributed by atoms with Gasteiger partial charge in [-0.1, -0.05) is 6.92 Å². The molecule has 2 heterocycles. The second kappa shape index (κ2) is 4.33. The van der Waals surface area contributed by atoms with Crippen LogP contribution >= 0.6 is 0 Å². The number of nitrogens with zero attached hydrogens (tertiary/aromatic N) is 1. The number of carbonyl (C=O) groups excluding carboxylic acids is 1. The maximum atomic E-state index is 11.8. The Bertz CT molecular complexity index is 483. The second-order valence-electron chi connectivity index (χ2n) is 7.61. The molecule has 2 aliphatic carbocycles. The molecule has 0 radical (unpaired) electrons. The molecular weight excluding hydrogens is 248 g/mol. The van der Waals surface area contributed by atoms with Gasteiger partial charge in [0, 0.05) is 17.7 Å². The standard InChI is InChI=1S/C17H26N2O/c1-11-8-12-9-15-14(5-6-16(20)18-15)17(10-11)13(12)4-3-7-19(17)2/h11-13H,3-10H2,1-2H3,(H,18,20)/t11-,12-,13+,17+/m1/s1. The molecule has 3 nitrogen and oxygen atoms in total. The van der Waals surface area contributed by atoms with Gasteiger partial charge in [-0.3, -0.25) is 9.69 Å². The van der Waals surface area contributed by atoms with Crippen LogP contribution in [0.5, 0.6) is 0 Å². The first-order valence-corrected chi connectivity index (χ1v) is 8.35. The van der Waals surface area contributed by atoms with Gasteiger partial charge in [0.05, 0.1) is 0 Å². The number of piperidine rings is 1. The highest BCUT2D eigenvalue weighted by Gasteiger charge is 2.57. The summed E-state index contributed by atoms with van der Waals surface area (Å²) in [7, 11) is 2.33. The Balaban J connectivity index is 1.85. The quantitative estimate of drug-likeness (QED) is 0.736. The van der Waals surface area contributed by atoms with Crippen LogP contribution in [-0.2, 0) is 4.79 Å². The summed E-state index contributed by atoms with van der Waals surface area (Å²) in [5, 5.41) is 3.22. The molecule has 0 spiro atoms. The lowest BCUT2D eigenvalue weighted by Gasteiger charge is -2.62. The predicted octanol–water partition coefficient (Wildman–Crippen LogP) is 2.68. The van der Waals surface area contributed by atoms with E-state index in [2.05, 4.69) is 24.2 Å². The maximum Gasteiger partial charge on any atom is 0.224 e. The van der Waals surface area contributed by atoms with Crippen molar-refractivity contribution in [1.82, 2.24) is 10.2 Å². The molecule has 0 aromatic carbocycles. The van der Waals surface area contributed by atoms with Gasteiger partial charge in [0.15, 0.2) is 0 Å². The molecule has 4 rings (SSSR count). The zero-order valence-corrected chi connectivity index (χ0v) is 12.7. The van der Waals surface area contributed by atoms with E-state index >= 15 is 0 Å². The first-order chi connectivity index (χ1) is 9.61. The Kier molecular flexibility index (Phi) is 2.79. The van der Waals surface area contributed by atoms with Crippen LogP contribution in [0.4, 0.5) is 0 Å². The lowest BCUT2D eigenvalue weighted by Crippen LogP contribution is -2.64. The fraction of sp³-hybridized carbons (Fsp3) is 0.824. The lowest BCUT2D eigenvalue weighted by molar-refractivity contribution is -0.122.